The summed E-state index contributed by atoms with van der Waals surface area (Å²) in [5.74, 6) is 0.589. The number of nitrogens with one attached hydrogen (secondary N) is 1. The van der Waals surface area contributed by atoms with Crippen LogP contribution in [0.1, 0.15) is 49.1 Å². The summed E-state index contributed by atoms with van der Waals surface area (Å²) in [5.41, 5.74) is 4.63. The normalized spacial score (nSPS) is 17.0. The van der Waals surface area contributed by atoms with E-state index in [0.717, 1.165) is 56.8 Å². The number of likely N-dealkylation sites (N-methyl/N-ethyl adjacent to an activating group) is 1. The highest BCUT2D eigenvalue weighted by Gasteiger charge is 2.28. The number of nitrogens with zero attached hydrogens (tertiary/aromatic N) is 4. The molecule has 0 saturated carbocycles. The molecule has 1 N–H and O–H groups in total. The van der Waals surface area contributed by atoms with Gasteiger partial charge < -0.3 is 14.8 Å². The van der Waals surface area contributed by atoms with Crippen molar-refractivity contribution < 1.29 is 4.79 Å². The molecule has 0 bridgehead atoms. The van der Waals surface area contributed by atoms with E-state index in [1.54, 1.807) is 0 Å². The number of pyridine rings is 2. The van der Waals surface area contributed by atoms with Crippen molar-refractivity contribution in [2.45, 2.75) is 45.1 Å². The summed E-state index contributed by atoms with van der Waals surface area (Å²) in [5, 5.41) is 1.19. The molecule has 3 aromatic heterocycles. The molecule has 6 heteroatoms. The lowest BCUT2D eigenvalue weighted by Crippen LogP contribution is -2.39. The smallest absolute Gasteiger partial charge is 0.222 e. The van der Waals surface area contributed by atoms with Gasteiger partial charge in [0.15, 0.2) is 0 Å². The molecular weight excluding hydrogens is 374 g/mol. The maximum Gasteiger partial charge on any atom is 0.222 e. The molecule has 4 rings (SSSR count). The van der Waals surface area contributed by atoms with Crippen LogP contribution < -0.4 is 0 Å². The summed E-state index contributed by atoms with van der Waals surface area (Å²) >= 11 is 0. The van der Waals surface area contributed by atoms with Crippen molar-refractivity contribution in [2.24, 2.45) is 0 Å². The van der Waals surface area contributed by atoms with Crippen molar-refractivity contribution in [1.29, 1.82) is 0 Å². The van der Waals surface area contributed by atoms with Gasteiger partial charge in [0.2, 0.25) is 5.91 Å². The molecule has 1 saturated heterocycles. The lowest BCUT2D eigenvalue weighted by atomic mass is 9.91. The van der Waals surface area contributed by atoms with Crippen LogP contribution in [0.3, 0.4) is 0 Å². The number of fused-ring (bicyclic) bond motifs is 1. The Balaban J connectivity index is 1.55. The maximum absolute atomic E-state index is 12.3. The Labute approximate surface area is 178 Å². The molecule has 1 aliphatic heterocycles. The Kier molecular flexibility index (Phi) is 6.43. The van der Waals surface area contributed by atoms with Crippen LogP contribution in [0.15, 0.2) is 42.7 Å². The first kappa shape index (κ1) is 20.5. The standard InChI is InChI=1S/C24H31N5O/c1-3-22(30)29-14-7-8-18(16-29)23-21(20-10-6-13-26-24(20)27-23)17-28(2)15-11-19-9-4-5-12-25-19/h4-6,9-10,12-13,18H,3,7-8,11,14-17H2,1-2H3,(H,26,27)/t18-/m0/s1. The predicted octanol–water partition coefficient (Wildman–Crippen LogP) is 3.75. The first-order chi connectivity index (χ1) is 14.7. The number of aromatic nitrogens is 3. The molecule has 0 aliphatic carbocycles. The van der Waals surface area contributed by atoms with Gasteiger partial charge in [0.25, 0.3) is 0 Å². The van der Waals surface area contributed by atoms with Crippen LogP contribution in [0, 0.1) is 0 Å². The van der Waals surface area contributed by atoms with Gasteiger partial charge in [-0.15, -0.1) is 0 Å². The number of hydrogen-bond acceptors (Lipinski definition) is 4. The summed E-state index contributed by atoms with van der Waals surface area (Å²) in [6.45, 7) is 5.41. The highest BCUT2D eigenvalue weighted by molar-refractivity contribution is 5.81. The van der Waals surface area contributed by atoms with Crippen molar-refractivity contribution in [3.8, 4) is 0 Å². The van der Waals surface area contributed by atoms with Crippen LogP contribution in [-0.2, 0) is 17.8 Å². The summed E-state index contributed by atoms with van der Waals surface area (Å²) < 4.78 is 0. The highest BCUT2D eigenvalue weighted by atomic mass is 16.2. The predicted molar refractivity (Wildman–Crippen MR) is 119 cm³/mol. The van der Waals surface area contributed by atoms with Gasteiger partial charge in [-0.25, -0.2) is 4.98 Å². The van der Waals surface area contributed by atoms with Crippen LogP contribution in [-0.4, -0.2) is 57.3 Å². The molecule has 4 heterocycles. The topological polar surface area (TPSA) is 65.1 Å². The molecule has 158 valence electrons. The zero-order valence-electron chi connectivity index (χ0n) is 18.0. The van der Waals surface area contributed by atoms with Gasteiger partial charge in [-0.3, -0.25) is 9.78 Å². The number of likely N-dealkylation sites (tertiary alicyclic amines) is 1. The van der Waals surface area contributed by atoms with Crippen molar-refractivity contribution >= 4 is 16.9 Å². The van der Waals surface area contributed by atoms with Crippen molar-refractivity contribution in [1.82, 2.24) is 24.8 Å². The third-order valence-electron chi connectivity index (χ3n) is 6.10. The average molecular weight is 406 g/mol. The fourth-order valence-electron chi connectivity index (χ4n) is 4.48. The maximum atomic E-state index is 12.3. The Bertz CT molecular complexity index is 984. The van der Waals surface area contributed by atoms with Crippen LogP contribution in [0.4, 0.5) is 0 Å². The second kappa shape index (κ2) is 9.39. The summed E-state index contributed by atoms with van der Waals surface area (Å²) in [6, 6.07) is 10.2. The number of carbonyl (C=O) groups is 1. The van der Waals surface area contributed by atoms with E-state index >= 15 is 0 Å². The Morgan fingerprint density at radius 1 is 1.23 bits per heavy atom. The van der Waals surface area contributed by atoms with Crippen LogP contribution in [0.2, 0.25) is 0 Å². The van der Waals surface area contributed by atoms with E-state index < -0.39 is 0 Å². The molecule has 0 spiro atoms. The first-order valence-electron chi connectivity index (χ1n) is 11.0. The first-order valence-corrected chi connectivity index (χ1v) is 11.0. The van der Waals surface area contributed by atoms with E-state index in [9.17, 15) is 4.79 Å². The van der Waals surface area contributed by atoms with E-state index in [-0.39, 0.29) is 5.91 Å². The monoisotopic (exact) mass is 405 g/mol. The van der Waals surface area contributed by atoms with E-state index in [0.29, 0.717) is 12.3 Å². The van der Waals surface area contributed by atoms with E-state index in [4.69, 9.17) is 0 Å². The third-order valence-corrected chi connectivity index (χ3v) is 6.10. The Morgan fingerprint density at radius 2 is 2.10 bits per heavy atom. The molecule has 1 fully saturated rings. The minimum Gasteiger partial charge on any atom is -0.343 e. The highest BCUT2D eigenvalue weighted by Crippen LogP contribution is 2.33. The number of hydrogen-bond donors (Lipinski definition) is 1. The van der Waals surface area contributed by atoms with Gasteiger partial charge in [-0.1, -0.05) is 13.0 Å². The van der Waals surface area contributed by atoms with Gasteiger partial charge in [0.1, 0.15) is 5.65 Å². The number of amides is 1. The van der Waals surface area contributed by atoms with E-state index in [1.165, 1.54) is 16.6 Å². The molecule has 3 aromatic rings. The minimum atomic E-state index is 0.253. The minimum absolute atomic E-state index is 0.253. The van der Waals surface area contributed by atoms with E-state index in [2.05, 4.69) is 39.0 Å². The second-order valence-electron chi connectivity index (χ2n) is 8.26. The van der Waals surface area contributed by atoms with Gasteiger partial charge in [0.05, 0.1) is 0 Å². The lowest BCUT2D eigenvalue weighted by Gasteiger charge is -2.33. The van der Waals surface area contributed by atoms with Crippen LogP contribution in [0.5, 0.6) is 0 Å². The Hall–Kier alpha value is -2.73. The van der Waals surface area contributed by atoms with Crippen molar-refractivity contribution in [2.75, 3.05) is 26.7 Å². The molecular formula is C24H31N5O. The fourth-order valence-corrected chi connectivity index (χ4v) is 4.48. The summed E-state index contributed by atoms with van der Waals surface area (Å²) in [6.07, 6.45) is 7.34. The fraction of sp³-hybridized carbons (Fsp3) is 0.458. The molecule has 1 atom stereocenters. The second-order valence-corrected chi connectivity index (χ2v) is 8.26. The lowest BCUT2D eigenvalue weighted by molar-refractivity contribution is -0.132. The number of aromatic amines is 1. The van der Waals surface area contributed by atoms with Gasteiger partial charge >= 0.3 is 0 Å². The van der Waals surface area contributed by atoms with Crippen molar-refractivity contribution in [3.63, 3.8) is 0 Å². The number of carbonyl (C=O) groups excluding carboxylic acids is 1. The van der Waals surface area contributed by atoms with Crippen LogP contribution >= 0.6 is 0 Å². The molecule has 0 radical (unpaired) electrons. The molecule has 1 aliphatic rings. The number of rotatable bonds is 7. The summed E-state index contributed by atoms with van der Waals surface area (Å²) in [4.78, 5) is 29.3. The molecule has 1 amide bonds. The van der Waals surface area contributed by atoms with Gasteiger partial charge in [-0.05, 0) is 49.7 Å². The largest absolute Gasteiger partial charge is 0.343 e. The van der Waals surface area contributed by atoms with Gasteiger partial charge in [-0.2, -0.15) is 0 Å². The van der Waals surface area contributed by atoms with Gasteiger partial charge in [0, 0.05) is 74.1 Å². The molecule has 0 aromatic carbocycles. The molecule has 0 unspecified atom stereocenters. The molecule has 6 nitrogen and oxygen atoms in total. The Morgan fingerprint density at radius 3 is 2.90 bits per heavy atom. The molecule has 30 heavy (non-hydrogen) atoms. The number of piperidine rings is 1. The quantitative estimate of drug-likeness (QED) is 0.650. The third kappa shape index (κ3) is 4.54. The SMILES string of the molecule is CCC(=O)N1CCC[C@H](c2[nH]c3ncccc3c2CN(C)CCc2ccccn2)C1. The number of H-pyrrole nitrogens is 1. The van der Waals surface area contributed by atoms with Crippen LogP contribution in [0.25, 0.3) is 11.0 Å². The zero-order valence-corrected chi connectivity index (χ0v) is 18.0. The zero-order chi connectivity index (χ0) is 20.9. The summed E-state index contributed by atoms with van der Waals surface area (Å²) in [7, 11) is 2.16. The van der Waals surface area contributed by atoms with E-state index in [1.807, 2.05) is 42.4 Å². The average Bonchev–Trinajstić information content (AvgIpc) is 3.16. The van der Waals surface area contributed by atoms with Crippen molar-refractivity contribution in [3.05, 3.63) is 59.7 Å².